The summed E-state index contributed by atoms with van der Waals surface area (Å²) in [5, 5.41) is 10.1. The van der Waals surface area contributed by atoms with Gasteiger partial charge in [0, 0.05) is 12.4 Å². The number of hydrogen-bond donors (Lipinski definition) is 0. The molecule has 0 bridgehead atoms. The Morgan fingerprint density at radius 3 is 2.45 bits per heavy atom. The largest absolute Gasteiger partial charge is 0.416 e. The van der Waals surface area contributed by atoms with Crippen LogP contribution in [0.3, 0.4) is 0 Å². The Balaban J connectivity index is 1.80. The van der Waals surface area contributed by atoms with E-state index >= 15 is 0 Å². The summed E-state index contributed by atoms with van der Waals surface area (Å²) in [5.41, 5.74) is 3.31. The van der Waals surface area contributed by atoms with Crippen LogP contribution in [0.5, 0.6) is 0 Å². The molecule has 2 aromatic heterocycles. The summed E-state index contributed by atoms with van der Waals surface area (Å²) in [6.07, 6.45) is -1.66. The first-order valence-electron chi connectivity index (χ1n) is 9.68. The quantitative estimate of drug-likeness (QED) is 0.425. The Morgan fingerprint density at radius 2 is 1.81 bits per heavy atom. The number of hydrogen-bond acceptors (Lipinski definition) is 4. The van der Waals surface area contributed by atoms with Crippen LogP contribution in [0.4, 0.5) is 18.9 Å². The molecule has 0 fully saturated rings. The lowest BCUT2D eigenvalue weighted by atomic mass is 10.1. The summed E-state index contributed by atoms with van der Waals surface area (Å²) in [7, 11) is 1.78. The molecule has 4 aromatic rings. The number of aryl methyl sites for hydroxylation is 2. The number of nitrogens with zero attached hydrogens (tertiary/aromatic N) is 5. The van der Waals surface area contributed by atoms with Crippen molar-refractivity contribution in [1.82, 2.24) is 19.6 Å². The van der Waals surface area contributed by atoms with E-state index in [1.54, 1.807) is 24.0 Å². The van der Waals surface area contributed by atoms with Gasteiger partial charge < -0.3 is 4.57 Å². The van der Waals surface area contributed by atoms with Crippen LogP contribution < -0.4 is 4.80 Å². The van der Waals surface area contributed by atoms with Gasteiger partial charge in [0.2, 0.25) is 0 Å². The summed E-state index contributed by atoms with van der Waals surface area (Å²) in [5.74, 6) is 0. The fourth-order valence-electron chi connectivity index (χ4n) is 3.17. The van der Waals surface area contributed by atoms with Crippen molar-refractivity contribution in [2.24, 2.45) is 12.0 Å². The van der Waals surface area contributed by atoms with Crippen LogP contribution in [-0.2, 0) is 26.2 Å². The summed E-state index contributed by atoms with van der Waals surface area (Å²) in [6, 6.07) is 13.3. The topological polar surface area (TPSA) is 48.0 Å². The van der Waals surface area contributed by atoms with Gasteiger partial charge in [-0.3, -0.25) is 4.68 Å². The van der Waals surface area contributed by atoms with Crippen LogP contribution in [0.15, 0.2) is 65.1 Å². The second kappa shape index (κ2) is 8.50. The molecule has 0 saturated heterocycles. The lowest BCUT2D eigenvalue weighted by Crippen LogP contribution is -2.17. The van der Waals surface area contributed by atoms with Gasteiger partial charge in [0.1, 0.15) is 5.69 Å². The fraction of sp³-hybridized carbons (Fsp3) is 0.227. The second-order valence-electron chi connectivity index (χ2n) is 7.10. The Morgan fingerprint density at radius 1 is 1.06 bits per heavy atom. The van der Waals surface area contributed by atoms with Gasteiger partial charge in [0.05, 0.1) is 29.7 Å². The van der Waals surface area contributed by atoms with E-state index in [2.05, 4.69) is 46.5 Å². The minimum Gasteiger partial charge on any atom is -0.311 e. The Bertz CT molecular complexity index is 1250. The van der Waals surface area contributed by atoms with E-state index in [1.807, 2.05) is 9.95 Å². The van der Waals surface area contributed by atoms with Crippen LogP contribution in [0.2, 0.25) is 0 Å². The summed E-state index contributed by atoms with van der Waals surface area (Å²) in [6.45, 7) is 2.61. The van der Waals surface area contributed by atoms with Crippen molar-refractivity contribution >= 4 is 17.0 Å². The van der Waals surface area contributed by atoms with Gasteiger partial charge in [-0.15, -0.1) is 16.4 Å². The predicted molar refractivity (Wildman–Crippen MR) is 114 cm³/mol. The minimum atomic E-state index is -4.41. The molecule has 4 rings (SSSR count). The molecule has 0 aliphatic carbocycles. The second-order valence-corrected chi connectivity index (χ2v) is 7.93. The van der Waals surface area contributed by atoms with Crippen molar-refractivity contribution in [2.75, 3.05) is 0 Å². The van der Waals surface area contributed by atoms with Gasteiger partial charge in [-0.25, -0.2) is 4.99 Å². The first-order valence-corrected chi connectivity index (χ1v) is 10.6. The number of rotatable bonds is 5. The molecule has 0 saturated carbocycles. The van der Waals surface area contributed by atoms with Crippen molar-refractivity contribution in [3.8, 4) is 11.4 Å². The molecule has 0 spiro atoms. The Labute approximate surface area is 181 Å². The average molecular weight is 443 g/mol. The van der Waals surface area contributed by atoms with E-state index in [0.29, 0.717) is 17.0 Å². The van der Waals surface area contributed by atoms with Gasteiger partial charge in [-0.05, 0) is 35.7 Å². The number of aromatic nitrogens is 4. The van der Waals surface area contributed by atoms with Crippen LogP contribution in [0.1, 0.15) is 23.6 Å². The molecule has 9 heteroatoms. The molecule has 2 heterocycles. The standard InChI is InChI=1S/C22H20F3N5S/c1-3-15-7-9-16(10-8-15)12-30-20(19-13-29(2)28-27-19)14-31-21(30)26-18-6-4-5-17(11-18)22(23,24)25/h4-11,13-14H,3,12H2,1-2H3. The molecule has 31 heavy (non-hydrogen) atoms. The van der Waals surface area contributed by atoms with Gasteiger partial charge in [-0.1, -0.05) is 42.5 Å². The summed E-state index contributed by atoms with van der Waals surface area (Å²) < 4.78 is 42.9. The van der Waals surface area contributed by atoms with Crippen molar-refractivity contribution in [3.05, 3.63) is 81.6 Å². The van der Waals surface area contributed by atoms with Crippen LogP contribution in [0, 0.1) is 0 Å². The van der Waals surface area contributed by atoms with Gasteiger partial charge >= 0.3 is 6.18 Å². The van der Waals surface area contributed by atoms with Crippen molar-refractivity contribution in [2.45, 2.75) is 26.1 Å². The number of alkyl halides is 3. The van der Waals surface area contributed by atoms with Crippen molar-refractivity contribution < 1.29 is 13.2 Å². The summed E-state index contributed by atoms with van der Waals surface area (Å²) in [4.78, 5) is 5.11. The molecule has 160 valence electrons. The lowest BCUT2D eigenvalue weighted by molar-refractivity contribution is -0.137. The number of halogens is 3. The highest BCUT2D eigenvalue weighted by Crippen LogP contribution is 2.31. The zero-order valence-electron chi connectivity index (χ0n) is 17.0. The molecule has 0 N–H and O–H groups in total. The molecule has 0 radical (unpaired) electrons. The Hall–Kier alpha value is -3.20. The fourth-order valence-corrected chi connectivity index (χ4v) is 4.08. The molecular formula is C22H20F3N5S. The monoisotopic (exact) mass is 443 g/mol. The number of benzene rings is 2. The molecule has 2 aromatic carbocycles. The number of thiazole rings is 1. The third-order valence-electron chi connectivity index (χ3n) is 4.83. The van der Waals surface area contributed by atoms with Crippen LogP contribution >= 0.6 is 11.3 Å². The molecule has 0 atom stereocenters. The van der Waals surface area contributed by atoms with Gasteiger partial charge in [-0.2, -0.15) is 13.2 Å². The highest BCUT2D eigenvalue weighted by atomic mass is 32.1. The lowest BCUT2D eigenvalue weighted by Gasteiger charge is -2.09. The van der Waals surface area contributed by atoms with E-state index in [1.165, 1.54) is 23.0 Å². The van der Waals surface area contributed by atoms with E-state index in [0.717, 1.165) is 29.8 Å². The highest BCUT2D eigenvalue weighted by molar-refractivity contribution is 7.07. The normalized spacial score (nSPS) is 12.5. The van der Waals surface area contributed by atoms with E-state index < -0.39 is 11.7 Å². The zero-order chi connectivity index (χ0) is 22.0. The van der Waals surface area contributed by atoms with E-state index in [-0.39, 0.29) is 5.69 Å². The van der Waals surface area contributed by atoms with Gasteiger partial charge in [0.25, 0.3) is 0 Å². The molecule has 0 aliphatic rings. The van der Waals surface area contributed by atoms with E-state index in [4.69, 9.17) is 0 Å². The smallest absolute Gasteiger partial charge is 0.311 e. The predicted octanol–water partition coefficient (Wildman–Crippen LogP) is 5.21. The molecular weight excluding hydrogens is 423 g/mol. The summed E-state index contributed by atoms with van der Waals surface area (Å²) >= 11 is 1.35. The maximum absolute atomic E-state index is 13.1. The third-order valence-corrected chi connectivity index (χ3v) is 5.70. The minimum absolute atomic E-state index is 0.248. The Kier molecular flexibility index (Phi) is 5.77. The molecule has 0 aliphatic heterocycles. The van der Waals surface area contributed by atoms with Crippen molar-refractivity contribution in [1.29, 1.82) is 0 Å². The van der Waals surface area contributed by atoms with E-state index in [9.17, 15) is 13.2 Å². The third kappa shape index (κ3) is 4.77. The van der Waals surface area contributed by atoms with Crippen LogP contribution in [-0.4, -0.2) is 19.6 Å². The van der Waals surface area contributed by atoms with Crippen molar-refractivity contribution in [3.63, 3.8) is 0 Å². The maximum Gasteiger partial charge on any atom is 0.416 e. The zero-order valence-corrected chi connectivity index (χ0v) is 17.8. The molecule has 0 amide bonds. The highest BCUT2D eigenvalue weighted by Gasteiger charge is 2.30. The maximum atomic E-state index is 13.1. The first kappa shape index (κ1) is 21.0. The average Bonchev–Trinajstić information content (AvgIpc) is 3.34. The molecule has 5 nitrogen and oxygen atoms in total. The van der Waals surface area contributed by atoms with Gasteiger partial charge in [0.15, 0.2) is 4.80 Å². The SMILES string of the molecule is CCc1ccc(Cn2c(-c3cn(C)nn3)csc2=Nc2cccc(C(F)(F)F)c2)cc1. The first-order chi connectivity index (χ1) is 14.8. The molecule has 0 unspecified atom stereocenters. The van der Waals surface area contributed by atoms with Crippen LogP contribution in [0.25, 0.3) is 11.4 Å².